The number of aromatic hydroxyl groups is 1. The highest BCUT2D eigenvalue weighted by Gasteiger charge is 2.31. The van der Waals surface area contributed by atoms with Crippen LogP contribution in [0.3, 0.4) is 0 Å². The van der Waals surface area contributed by atoms with Crippen molar-refractivity contribution in [2.45, 2.75) is 18.7 Å². The van der Waals surface area contributed by atoms with E-state index in [-0.39, 0.29) is 28.6 Å². The summed E-state index contributed by atoms with van der Waals surface area (Å²) in [4.78, 5) is 30.1. The first-order chi connectivity index (χ1) is 16.7. The normalized spacial score (nSPS) is 12.3. The van der Waals surface area contributed by atoms with E-state index in [9.17, 15) is 27.9 Å². The Balaban J connectivity index is 1.49. The predicted molar refractivity (Wildman–Crippen MR) is 123 cm³/mol. The maximum atomic E-state index is 13.2. The molecule has 0 saturated carbocycles. The molecule has 4 rings (SSSR count). The summed E-state index contributed by atoms with van der Waals surface area (Å²) in [7, 11) is 0. The number of carbonyl (C=O) groups excluding carboxylic acids is 1. The number of thiazole rings is 2. The lowest BCUT2D eigenvalue weighted by molar-refractivity contribution is -0.137. The van der Waals surface area contributed by atoms with Crippen molar-refractivity contribution in [3.05, 3.63) is 96.4 Å². The fraction of sp³-hybridized carbons (Fsp3) is 0.174. The highest BCUT2D eigenvalue weighted by Crippen LogP contribution is 2.32. The smallest absolute Gasteiger partial charge is 0.416 e. The Kier molecular flexibility index (Phi) is 7.22. The monoisotopic (exact) mass is 522 g/mol. The molecule has 182 valence electrons. The van der Waals surface area contributed by atoms with Gasteiger partial charge in [-0.1, -0.05) is 35.6 Å². The molecular weight excluding hydrogens is 505 g/mol. The average molecular weight is 523 g/mol. The minimum atomic E-state index is -4.56. The second-order valence-electron chi connectivity index (χ2n) is 7.31. The molecule has 0 aliphatic heterocycles. The first-order valence-electron chi connectivity index (χ1n) is 10.1. The highest BCUT2D eigenvalue weighted by atomic mass is 32.1. The van der Waals surface area contributed by atoms with Gasteiger partial charge in [-0.15, -0.1) is 11.3 Å². The lowest BCUT2D eigenvalue weighted by Gasteiger charge is -2.20. The largest absolute Gasteiger partial charge is 0.494 e. The zero-order valence-corrected chi connectivity index (χ0v) is 19.4. The van der Waals surface area contributed by atoms with Crippen molar-refractivity contribution in [3.8, 4) is 11.6 Å². The molecule has 0 saturated heterocycles. The summed E-state index contributed by atoms with van der Waals surface area (Å²) in [6.07, 6.45) is -5.36. The van der Waals surface area contributed by atoms with Crippen LogP contribution in [0.2, 0.25) is 0 Å². The summed E-state index contributed by atoms with van der Waals surface area (Å²) in [6, 6.07) is 11.2. The van der Waals surface area contributed by atoms with Crippen molar-refractivity contribution in [2.24, 2.45) is 0 Å². The Hall–Kier alpha value is -3.64. The van der Waals surface area contributed by atoms with Gasteiger partial charge in [0.1, 0.15) is 12.4 Å². The number of carbonyl (C=O) groups is 1. The van der Waals surface area contributed by atoms with Gasteiger partial charge in [0.25, 0.3) is 0 Å². The number of benzene rings is 2. The number of nitrogens with one attached hydrogen (secondary N) is 1. The van der Waals surface area contributed by atoms with Gasteiger partial charge < -0.3 is 14.6 Å². The molecule has 1 atom stereocenters. The summed E-state index contributed by atoms with van der Waals surface area (Å²) >= 11 is 2.09. The lowest BCUT2D eigenvalue weighted by atomic mass is 10.1. The van der Waals surface area contributed by atoms with Crippen LogP contribution in [-0.4, -0.2) is 27.7 Å². The molecule has 0 radical (unpaired) electrons. The van der Waals surface area contributed by atoms with Crippen LogP contribution in [0.5, 0.6) is 11.6 Å². The third-order valence-corrected chi connectivity index (χ3v) is 6.32. The van der Waals surface area contributed by atoms with Crippen LogP contribution in [0.4, 0.5) is 13.2 Å². The summed E-state index contributed by atoms with van der Waals surface area (Å²) in [6.45, 7) is -0.239. The Morgan fingerprint density at radius 2 is 1.94 bits per heavy atom. The molecule has 0 fully saturated rings. The first kappa shape index (κ1) is 24.5. The van der Waals surface area contributed by atoms with Crippen molar-refractivity contribution in [2.75, 3.05) is 6.61 Å². The highest BCUT2D eigenvalue weighted by molar-refractivity contribution is 7.09. The standard InChI is InChI=1S/C23H17F3N2O5S2/c24-23(25,26)15-3-1-2-14(9-15)18(33-21(30)17-11-34-12-27-17)10-32-16-6-4-13(5-7-16)8-19-20(29)28-22(31)35-19/h1-7,9,11-12,18,29H,8,10H2,(H,28,31). The quantitative estimate of drug-likeness (QED) is 0.309. The minimum Gasteiger partial charge on any atom is -0.494 e. The SMILES string of the molecule is O=C(OC(COc1ccc(Cc2sc(=O)[nH]c2O)cc1)c1cccc(C(F)(F)F)c1)c1cscn1. The molecule has 0 bridgehead atoms. The second-order valence-corrected chi connectivity index (χ2v) is 9.10. The van der Waals surface area contributed by atoms with E-state index in [1.807, 2.05) is 0 Å². The molecule has 1 unspecified atom stereocenters. The molecule has 2 aromatic carbocycles. The van der Waals surface area contributed by atoms with Crippen molar-refractivity contribution in [1.29, 1.82) is 0 Å². The van der Waals surface area contributed by atoms with Crippen LogP contribution in [0.1, 0.15) is 38.2 Å². The zero-order chi connectivity index (χ0) is 25.0. The Morgan fingerprint density at radius 1 is 1.17 bits per heavy atom. The number of alkyl halides is 3. The average Bonchev–Trinajstić information content (AvgIpc) is 3.47. The number of aromatic nitrogens is 2. The fourth-order valence-corrected chi connectivity index (χ4v) is 4.43. The van der Waals surface area contributed by atoms with Crippen LogP contribution in [0.15, 0.2) is 64.2 Å². The van der Waals surface area contributed by atoms with Crippen LogP contribution in [0, 0.1) is 0 Å². The maximum absolute atomic E-state index is 13.2. The molecule has 0 aliphatic carbocycles. The van der Waals surface area contributed by atoms with Crippen LogP contribution < -0.4 is 9.61 Å². The number of hydrogen-bond donors (Lipinski definition) is 2. The van der Waals surface area contributed by atoms with Gasteiger partial charge in [-0.3, -0.25) is 9.78 Å². The molecule has 0 amide bonds. The van der Waals surface area contributed by atoms with Crippen molar-refractivity contribution in [1.82, 2.24) is 9.97 Å². The number of ether oxygens (including phenoxy) is 2. The number of H-pyrrole nitrogens is 1. The van der Waals surface area contributed by atoms with Gasteiger partial charge in [0, 0.05) is 11.8 Å². The van der Waals surface area contributed by atoms with E-state index >= 15 is 0 Å². The van der Waals surface area contributed by atoms with Crippen molar-refractivity contribution in [3.63, 3.8) is 0 Å². The molecule has 35 heavy (non-hydrogen) atoms. The van der Waals surface area contributed by atoms with Gasteiger partial charge >= 0.3 is 17.0 Å². The van der Waals surface area contributed by atoms with Gasteiger partial charge in [-0.25, -0.2) is 9.78 Å². The van der Waals surface area contributed by atoms with Crippen LogP contribution in [0.25, 0.3) is 0 Å². The lowest BCUT2D eigenvalue weighted by Crippen LogP contribution is -2.19. The Labute approximate surface area is 204 Å². The van der Waals surface area contributed by atoms with E-state index in [1.54, 1.807) is 24.3 Å². The van der Waals surface area contributed by atoms with Gasteiger partial charge in [-0.05, 0) is 35.4 Å². The molecule has 4 aromatic rings. The first-order valence-corrected chi connectivity index (χ1v) is 11.8. The second kappa shape index (κ2) is 10.3. The molecule has 7 nitrogen and oxygen atoms in total. The number of nitrogens with zero attached hydrogens (tertiary/aromatic N) is 1. The molecule has 0 aliphatic rings. The van der Waals surface area contributed by atoms with E-state index in [0.29, 0.717) is 17.0 Å². The van der Waals surface area contributed by atoms with Crippen LogP contribution in [-0.2, 0) is 17.3 Å². The number of hydrogen-bond acceptors (Lipinski definition) is 8. The van der Waals surface area contributed by atoms with Gasteiger partial charge in [-0.2, -0.15) is 13.2 Å². The van der Waals surface area contributed by atoms with E-state index < -0.39 is 23.8 Å². The maximum Gasteiger partial charge on any atom is 0.416 e. The Bertz CT molecular complexity index is 1350. The fourth-order valence-electron chi connectivity index (χ4n) is 3.15. The number of rotatable bonds is 8. The van der Waals surface area contributed by atoms with E-state index in [2.05, 4.69) is 9.97 Å². The predicted octanol–water partition coefficient (Wildman–Crippen LogP) is 5.19. The van der Waals surface area contributed by atoms with Gasteiger partial charge in [0.15, 0.2) is 11.8 Å². The zero-order valence-electron chi connectivity index (χ0n) is 17.7. The molecule has 12 heteroatoms. The summed E-state index contributed by atoms with van der Waals surface area (Å²) in [5.41, 5.74) is 1.54. The molecule has 2 heterocycles. The molecule has 2 N–H and O–H groups in total. The minimum absolute atomic E-state index is 0.0478. The topological polar surface area (TPSA) is 102 Å². The van der Waals surface area contributed by atoms with E-state index in [0.717, 1.165) is 29.0 Å². The third kappa shape index (κ3) is 6.28. The Morgan fingerprint density at radius 3 is 2.57 bits per heavy atom. The molecule has 0 spiro atoms. The summed E-state index contributed by atoms with van der Waals surface area (Å²) < 4.78 is 50.8. The van der Waals surface area contributed by atoms with E-state index in [1.165, 1.54) is 34.4 Å². The van der Waals surface area contributed by atoms with Gasteiger partial charge in [0.05, 0.1) is 16.0 Å². The van der Waals surface area contributed by atoms with Gasteiger partial charge in [0.2, 0.25) is 5.88 Å². The van der Waals surface area contributed by atoms with Crippen LogP contribution >= 0.6 is 22.7 Å². The van der Waals surface area contributed by atoms with Crippen molar-refractivity contribution < 1.29 is 32.5 Å². The third-order valence-electron chi connectivity index (χ3n) is 4.87. The number of halogens is 3. The summed E-state index contributed by atoms with van der Waals surface area (Å²) in [5, 5.41) is 11.2. The number of esters is 1. The number of aromatic amines is 1. The summed E-state index contributed by atoms with van der Waals surface area (Å²) in [5.74, 6) is -0.564. The molecular formula is C23H17F3N2O5S2. The molecule has 2 aromatic heterocycles. The van der Waals surface area contributed by atoms with E-state index in [4.69, 9.17) is 9.47 Å². The van der Waals surface area contributed by atoms with Crippen molar-refractivity contribution >= 4 is 28.6 Å².